The van der Waals surface area contributed by atoms with Gasteiger partial charge in [0, 0.05) is 13.0 Å². The molecule has 0 amide bonds. The van der Waals surface area contributed by atoms with E-state index < -0.39 is 5.97 Å². The van der Waals surface area contributed by atoms with Gasteiger partial charge in [0.2, 0.25) is 0 Å². The van der Waals surface area contributed by atoms with E-state index in [1.807, 2.05) is 30.3 Å². The molecule has 0 unspecified atom stereocenters. The smallest absolute Gasteiger partial charge is 0.335 e. The van der Waals surface area contributed by atoms with Crippen molar-refractivity contribution in [3.63, 3.8) is 0 Å². The van der Waals surface area contributed by atoms with E-state index in [1.54, 1.807) is 12.1 Å². The molecule has 164 valence electrons. The number of aryl methyl sites for hydroxylation is 1. The molecule has 5 rings (SSSR count). The number of aromatic carboxylic acids is 1. The van der Waals surface area contributed by atoms with Crippen LogP contribution in [0, 0.1) is 0 Å². The van der Waals surface area contributed by atoms with Gasteiger partial charge in [0.1, 0.15) is 5.82 Å². The van der Waals surface area contributed by atoms with E-state index >= 15 is 0 Å². The van der Waals surface area contributed by atoms with Gasteiger partial charge >= 0.3 is 5.97 Å². The van der Waals surface area contributed by atoms with E-state index in [0.29, 0.717) is 5.56 Å². The van der Waals surface area contributed by atoms with E-state index in [4.69, 9.17) is 4.98 Å². The number of carboxylic acid groups (broad SMARTS) is 1. The number of rotatable bonds is 7. The minimum absolute atomic E-state index is 0.304. The van der Waals surface area contributed by atoms with Gasteiger partial charge in [-0.1, -0.05) is 74.0 Å². The number of fused-ring (bicyclic) bond motifs is 2. The fraction of sp³-hybridized carbons (Fsp3) is 0.172. The second-order valence-corrected chi connectivity index (χ2v) is 8.45. The highest BCUT2D eigenvalue weighted by Gasteiger charge is 2.13. The molecule has 4 heteroatoms. The van der Waals surface area contributed by atoms with E-state index in [2.05, 4.69) is 54.0 Å². The fourth-order valence-electron chi connectivity index (χ4n) is 4.47. The number of imidazole rings is 1. The van der Waals surface area contributed by atoms with E-state index in [-0.39, 0.29) is 0 Å². The molecule has 5 aromatic rings. The zero-order chi connectivity index (χ0) is 22.8. The summed E-state index contributed by atoms with van der Waals surface area (Å²) in [6.07, 6.45) is 3.23. The Labute approximate surface area is 193 Å². The zero-order valence-electron chi connectivity index (χ0n) is 18.7. The second kappa shape index (κ2) is 8.91. The van der Waals surface area contributed by atoms with Gasteiger partial charge in [-0.2, -0.15) is 0 Å². The normalized spacial score (nSPS) is 11.3. The summed E-state index contributed by atoms with van der Waals surface area (Å²) in [5.41, 5.74) is 5.65. The van der Waals surface area contributed by atoms with Crippen LogP contribution >= 0.6 is 0 Å². The third kappa shape index (κ3) is 4.12. The molecule has 0 aliphatic carbocycles. The Balaban J connectivity index is 1.51. The third-order valence-electron chi connectivity index (χ3n) is 6.20. The molecule has 0 bridgehead atoms. The number of hydrogen-bond donors (Lipinski definition) is 1. The highest BCUT2D eigenvalue weighted by Crippen LogP contribution is 2.31. The molecule has 1 heterocycles. The van der Waals surface area contributed by atoms with Crippen LogP contribution in [0.3, 0.4) is 0 Å². The summed E-state index contributed by atoms with van der Waals surface area (Å²) in [4.78, 5) is 16.5. The lowest BCUT2D eigenvalue weighted by Gasteiger charge is -2.12. The van der Waals surface area contributed by atoms with Crippen molar-refractivity contribution in [1.82, 2.24) is 9.55 Å². The first-order valence-corrected chi connectivity index (χ1v) is 11.4. The van der Waals surface area contributed by atoms with E-state index in [0.717, 1.165) is 64.6 Å². The second-order valence-electron chi connectivity index (χ2n) is 8.45. The van der Waals surface area contributed by atoms with Crippen molar-refractivity contribution in [2.24, 2.45) is 0 Å². The molecule has 0 aliphatic heterocycles. The number of hydrogen-bond acceptors (Lipinski definition) is 2. The number of carboxylic acids is 1. The van der Waals surface area contributed by atoms with Crippen molar-refractivity contribution in [2.75, 3.05) is 0 Å². The van der Waals surface area contributed by atoms with Gasteiger partial charge < -0.3 is 9.67 Å². The minimum Gasteiger partial charge on any atom is -0.478 e. The first-order valence-electron chi connectivity index (χ1n) is 11.4. The number of unbranched alkanes of at least 4 members (excludes halogenated alkanes) is 1. The molecule has 0 fully saturated rings. The molecule has 0 aliphatic rings. The first-order chi connectivity index (χ1) is 16.1. The lowest BCUT2D eigenvalue weighted by Crippen LogP contribution is -2.05. The molecule has 0 atom stereocenters. The first kappa shape index (κ1) is 21.0. The van der Waals surface area contributed by atoms with Gasteiger partial charge in [0.05, 0.1) is 16.6 Å². The molecule has 4 aromatic carbocycles. The predicted octanol–water partition coefficient (Wildman–Crippen LogP) is 6.95. The monoisotopic (exact) mass is 434 g/mol. The van der Waals surface area contributed by atoms with Crippen LogP contribution in [0.15, 0.2) is 84.9 Å². The molecule has 0 saturated heterocycles. The van der Waals surface area contributed by atoms with Gasteiger partial charge in [0.15, 0.2) is 0 Å². The van der Waals surface area contributed by atoms with Crippen LogP contribution in [0.1, 0.15) is 41.5 Å². The van der Waals surface area contributed by atoms with Crippen LogP contribution in [0.2, 0.25) is 0 Å². The molecule has 1 aromatic heterocycles. The lowest BCUT2D eigenvalue weighted by molar-refractivity contribution is 0.0697. The van der Waals surface area contributed by atoms with Gasteiger partial charge in [-0.15, -0.1) is 0 Å². The Morgan fingerprint density at radius 3 is 2.48 bits per heavy atom. The quantitative estimate of drug-likeness (QED) is 0.302. The maximum Gasteiger partial charge on any atom is 0.335 e. The number of para-hydroxylation sites is 2. The molecular formula is C29H26N2O2. The molecule has 0 spiro atoms. The standard InChI is InChI=1S/C29H26N2O2/c1-2-3-12-28-30-26-10-6-7-11-27(26)31(28)19-20-13-15-21(16-14-20)25-18-23(29(32)33)17-22-8-4-5-9-24(22)25/h4-11,13-18H,2-3,12,19H2,1H3,(H,32,33). The maximum absolute atomic E-state index is 11.7. The van der Waals surface area contributed by atoms with Gasteiger partial charge in [-0.25, -0.2) is 9.78 Å². The van der Waals surface area contributed by atoms with Crippen LogP contribution in [-0.2, 0) is 13.0 Å². The number of nitrogens with zero attached hydrogens (tertiary/aromatic N) is 2. The fourth-order valence-corrected chi connectivity index (χ4v) is 4.47. The highest BCUT2D eigenvalue weighted by atomic mass is 16.4. The molecule has 0 saturated carbocycles. The average Bonchev–Trinajstić information content (AvgIpc) is 3.19. The van der Waals surface area contributed by atoms with Crippen LogP contribution in [0.5, 0.6) is 0 Å². The molecule has 1 N–H and O–H groups in total. The van der Waals surface area contributed by atoms with Crippen molar-refractivity contribution < 1.29 is 9.90 Å². The summed E-state index contributed by atoms with van der Waals surface area (Å²) in [6, 6.07) is 28.2. The zero-order valence-corrected chi connectivity index (χ0v) is 18.7. The molecular weight excluding hydrogens is 408 g/mol. The summed E-state index contributed by atoms with van der Waals surface area (Å²) in [6.45, 7) is 2.96. The highest BCUT2D eigenvalue weighted by molar-refractivity contribution is 6.02. The van der Waals surface area contributed by atoms with Crippen LogP contribution in [0.4, 0.5) is 0 Å². The Morgan fingerprint density at radius 2 is 1.70 bits per heavy atom. The molecule has 0 radical (unpaired) electrons. The van der Waals surface area contributed by atoms with E-state index in [1.165, 1.54) is 5.56 Å². The van der Waals surface area contributed by atoms with Gasteiger partial charge in [-0.05, 0) is 58.1 Å². The maximum atomic E-state index is 11.7. The Bertz CT molecular complexity index is 1450. The summed E-state index contributed by atoms with van der Waals surface area (Å²) in [7, 11) is 0. The number of aromatic nitrogens is 2. The SMILES string of the molecule is CCCCc1nc2ccccc2n1Cc1ccc(-c2cc(C(=O)O)cc3ccccc23)cc1. The summed E-state index contributed by atoms with van der Waals surface area (Å²) in [5, 5.41) is 11.6. The van der Waals surface area contributed by atoms with Crippen LogP contribution in [-0.4, -0.2) is 20.6 Å². The Kier molecular flexibility index (Phi) is 5.66. The largest absolute Gasteiger partial charge is 0.478 e. The van der Waals surface area contributed by atoms with Crippen LogP contribution < -0.4 is 0 Å². The summed E-state index contributed by atoms with van der Waals surface area (Å²) in [5.74, 6) is 0.215. The van der Waals surface area contributed by atoms with Crippen molar-refractivity contribution in [1.29, 1.82) is 0 Å². The minimum atomic E-state index is -0.912. The summed E-state index contributed by atoms with van der Waals surface area (Å²) < 4.78 is 2.32. The van der Waals surface area contributed by atoms with Crippen molar-refractivity contribution >= 4 is 27.8 Å². The van der Waals surface area contributed by atoms with Crippen LogP contribution in [0.25, 0.3) is 32.9 Å². The molecule has 4 nitrogen and oxygen atoms in total. The molecule has 33 heavy (non-hydrogen) atoms. The Hall–Kier alpha value is -3.92. The van der Waals surface area contributed by atoms with Gasteiger partial charge in [-0.3, -0.25) is 0 Å². The number of benzene rings is 4. The predicted molar refractivity (Wildman–Crippen MR) is 134 cm³/mol. The summed E-state index contributed by atoms with van der Waals surface area (Å²) >= 11 is 0. The van der Waals surface area contributed by atoms with Crippen molar-refractivity contribution in [2.45, 2.75) is 32.7 Å². The number of carbonyl (C=O) groups is 1. The topological polar surface area (TPSA) is 55.1 Å². The van der Waals surface area contributed by atoms with Gasteiger partial charge in [0.25, 0.3) is 0 Å². The van der Waals surface area contributed by atoms with Crippen molar-refractivity contribution in [3.05, 3.63) is 102 Å². The average molecular weight is 435 g/mol. The third-order valence-corrected chi connectivity index (χ3v) is 6.20. The van der Waals surface area contributed by atoms with E-state index in [9.17, 15) is 9.90 Å². The lowest BCUT2D eigenvalue weighted by atomic mass is 9.95. The Morgan fingerprint density at radius 1 is 0.939 bits per heavy atom. The van der Waals surface area contributed by atoms with Crippen molar-refractivity contribution in [3.8, 4) is 11.1 Å².